The first-order chi connectivity index (χ1) is 9.09. The second-order valence-corrected chi connectivity index (χ2v) is 5.91. The van der Waals surface area contributed by atoms with Gasteiger partial charge < -0.3 is 20.1 Å². The highest BCUT2D eigenvalue weighted by Gasteiger charge is 2.31. The summed E-state index contributed by atoms with van der Waals surface area (Å²) in [6.45, 7) is 5.31. The average molecular weight is 270 g/mol. The minimum Gasteiger partial charge on any atom is -0.389 e. The Morgan fingerprint density at radius 3 is 2.63 bits per heavy atom. The lowest BCUT2D eigenvalue weighted by Gasteiger charge is -2.29. The molecule has 1 saturated carbocycles. The molecule has 0 aromatic carbocycles. The molecule has 19 heavy (non-hydrogen) atoms. The van der Waals surface area contributed by atoms with Crippen molar-refractivity contribution in [2.75, 3.05) is 32.8 Å². The van der Waals surface area contributed by atoms with Crippen molar-refractivity contribution in [3.05, 3.63) is 0 Å². The van der Waals surface area contributed by atoms with Crippen molar-refractivity contribution in [1.82, 2.24) is 10.2 Å². The van der Waals surface area contributed by atoms with Crippen LogP contribution in [0.25, 0.3) is 0 Å². The average Bonchev–Trinajstić information content (AvgIpc) is 2.85. The number of hydrogen-bond donors (Lipinski definition) is 2. The molecular weight excluding hydrogens is 244 g/mol. The van der Waals surface area contributed by atoms with Gasteiger partial charge in [0.05, 0.1) is 18.8 Å². The molecule has 0 spiro atoms. The van der Waals surface area contributed by atoms with E-state index in [9.17, 15) is 9.90 Å². The molecule has 1 unspecified atom stereocenters. The molecule has 0 aromatic heterocycles. The Morgan fingerprint density at radius 2 is 2.00 bits per heavy atom. The first-order valence-electron chi connectivity index (χ1n) is 7.40. The summed E-state index contributed by atoms with van der Waals surface area (Å²) in [5.41, 5.74) is -0.545. The molecule has 2 aliphatic rings. The summed E-state index contributed by atoms with van der Waals surface area (Å²) < 4.78 is 5.24. The smallest absolute Gasteiger partial charge is 0.224 e. The van der Waals surface area contributed by atoms with Gasteiger partial charge in [-0.25, -0.2) is 0 Å². The quantitative estimate of drug-likeness (QED) is 0.764. The second-order valence-electron chi connectivity index (χ2n) is 5.91. The molecule has 1 aliphatic carbocycles. The highest BCUT2D eigenvalue weighted by Crippen LogP contribution is 2.28. The predicted octanol–water partition coefficient (Wildman–Crippen LogP) is 0.519. The van der Waals surface area contributed by atoms with E-state index in [1.165, 1.54) is 0 Å². The van der Waals surface area contributed by atoms with Crippen LogP contribution in [0.2, 0.25) is 0 Å². The maximum Gasteiger partial charge on any atom is 0.224 e. The lowest BCUT2D eigenvalue weighted by molar-refractivity contribution is -0.135. The van der Waals surface area contributed by atoms with E-state index in [1.54, 1.807) is 0 Å². The minimum atomic E-state index is -0.545. The Hall–Kier alpha value is -0.650. The third-order valence-corrected chi connectivity index (χ3v) is 4.16. The Balaban J connectivity index is 1.68. The lowest BCUT2D eigenvalue weighted by Crippen LogP contribution is -2.46. The molecule has 2 N–H and O–H groups in total. The van der Waals surface area contributed by atoms with Gasteiger partial charge in [0.15, 0.2) is 0 Å². The monoisotopic (exact) mass is 270 g/mol. The normalized spacial score (nSPS) is 24.4. The van der Waals surface area contributed by atoms with Crippen LogP contribution in [-0.2, 0) is 9.53 Å². The van der Waals surface area contributed by atoms with E-state index in [0.29, 0.717) is 39.3 Å². The van der Waals surface area contributed by atoms with Crippen LogP contribution >= 0.6 is 0 Å². The molecule has 5 nitrogen and oxygen atoms in total. The number of nitrogens with one attached hydrogen (secondary N) is 1. The second kappa shape index (κ2) is 6.68. The van der Waals surface area contributed by atoms with E-state index in [0.717, 1.165) is 25.7 Å². The Labute approximate surface area is 115 Å². The van der Waals surface area contributed by atoms with Crippen molar-refractivity contribution in [2.45, 2.75) is 50.7 Å². The largest absolute Gasteiger partial charge is 0.389 e. The molecule has 5 heteroatoms. The standard InChI is InChI=1S/C14H26N2O3/c1-12(15-11-14(18)4-2-3-5-14)10-13(17)16-6-8-19-9-7-16/h12,15,18H,2-11H2,1H3. The van der Waals surface area contributed by atoms with Gasteiger partial charge in [-0.05, 0) is 19.8 Å². The van der Waals surface area contributed by atoms with E-state index in [-0.39, 0.29) is 11.9 Å². The van der Waals surface area contributed by atoms with Crippen molar-refractivity contribution in [2.24, 2.45) is 0 Å². The molecule has 0 aromatic rings. The van der Waals surface area contributed by atoms with Gasteiger partial charge in [0.25, 0.3) is 0 Å². The van der Waals surface area contributed by atoms with E-state index in [1.807, 2.05) is 11.8 Å². The molecule has 0 radical (unpaired) electrons. The zero-order valence-corrected chi connectivity index (χ0v) is 11.9. The van der Waals surface area contributed by atoms with Crippen molar-refractivity contribution < 1.29 is 14.6 Å². The molecule has 0 bridgehead atoms. The van der Waals surface area contributed by atoms with Crippen LogP contribution < -0.4 is 5.32 Å². The van der Waals surface area contributed by atoms with Crippen molar-refractivity contribution in [3.8, 4) is 0 Å². The molecule has 110 valence electrons. The number of ether oxygens (including phenoxy) is 1. The number of hydrogen-bond acceptors (Lipinski definition) is 4. The molecule has 2 rings (SSSR count). The van der Waals surface area contributed by atoms with E-state index in [4.69, 9.17) is 4.74 Å². The topological polar surface area (TPSA) is 61.8 Å². The summed E-state index contributed by atoms with van der Waals surface area (Å²) in [5.74, 6) is 0.182. The number of rotatable bonds is 5. The van der Waals surface area contributed by atoms with Crippen LogP contribution in [0.1, 0.15) is 39.0 Å². The summed E-state index contributed by atoms with van der Waals surface area (Å²) in [5, 5.41) is 13.6. The van der Waals surface area contributed by atoms with Gasteiger partial charge in [0.1, 0.15) is 0 Å². The van der Waals surface area contributed by atoms with Gasteiger partial charge in [-0.2, -0.15) is 0 Å². The SMILES string of the molecule is CC(CC(=O)N1CCOCC1)NCC1(O)CCCC1. The highest BCUT2D eigenvalue weighted by molar-refractivity contribution is 5.76. The van der Waals surface area contributed by atoms with Crippen molar-refractivity contribution in [1.29, 1.82) is 0 Å². The highest BCUT2D eigenvalue weighted by atomic mass is 16.5. The lowest BCUT2D eigenvalue weighted by atomic mass is 10.0. The number of aliphatic hydroxyl groups is 1. The number of amides is 1. The van der Waals surface area contributed by atoms with Crippen molar-refractivity contribution in [3.63, 3.8) is 0 Å². The van der Waals surface area contributed by atoms with Crippen LogP contribution in [-0.4, -0.2) is 60.4 Å². The molecule has 1 heterocycles. The predicted molar refractivity (Wildman–Crippen MR) is 72.9 cm³/mol. The van der Waals surface area contributed by atoms with E-state index >= 15 is 0 Å². The van der Waals surface area contributed by atoms with Crippen molar-refractivity contribution >= 4 is 5.91 Å². The maximum atomic E-state index is 12.1. The summed E-state index contributed by atoms with van der Waals surface area (Å²) in [7, 11) is 0. The molecule has 1 saturated heterocycles. The maximum absolute atomic E-state index is 12.1. The van der Waals surface area contributed by atoms with E-state index in [2.05, 4.69) is 5.32 Å². The molecular formula is C14H26N2O3. The van der Waals surface area contributed by atoms with Gasteiger partial charge in [0, 0.05) is 32.1 Å². The number of carbonyl (C=O) groups excluding carboxylic acids is 1. The third-order valence-electron chi connectivity index (χ3n) is 4.16. The number of carbonyl (C=O) groups is 1. The van der Waals surface area contributed by atoms with Gasteiger partial charge in [-0.3, -0.25) is 4.79 Å². The molecule has 1 amide bonds. The summed E-state index contributed by atoms with van der Waals surface area (Å²) in [6, 6.07) is 0.111. The van der Waals surface area contributed by atoms with Gasteiger partial charge in [-0.1, -0.05) is 12.8 Å². The summed E-state index contributed by atoms with van der Waals surface area (Å²) in [6.07, 6.45) is 4.48. The third kappa shape index (κ3) is 4.44. The fourth-order valence-corrected chi connectivity index (χ4v) is 2.85. The van der Waals surface area contributed by atoms with Crippen LogP contribution in [0, 0.1) is 0 Å². The molecule has 1 atom stereocenters. The van der Waals surface area contributed by atoms with Crippen LogP contribution in [0.15, 0.2) is 0 Å². The number of nitrogens with zero attached hydrogens (tertiary/aromatic N) is 1. The summed E-state index contributed by atoms with van der Waals surface area (Å²) >= 11 is 0. The Bertz CT molecular complexity index is 297. The number of morpholine rings is 1. The Kier molecular flexibility index (Phi) is 5.19. The minimum absolute atomic E-state index is 0.111. The fraction of sp³-hybridized carbons (Fsp3) is 0.929. The van der Waals surface area contributed by atoms with Gasteiger partial charge in [-0.15, -0.1) is 0 Å². The zero-order chi connectivity index (χ0) is 13.7. The van der Waals surface area contributed by atoms with E-state index < -0.39 is 5.60 Å². The van der Waals surface area contributed by atoms with Crippen LogP contribution in [0.5, 0.6) is 0 Å². The van der Waals surface area contributed by atoms with Crippen LogP contribution in [0.3, 0.4) is 0 Å². The molecule has 1 aliphatic heterocycles. The zero-order valence-electron chi connectivity index (χ0n) is 11.9. The summed E-state index contributed by atoms with van der Waals surface area (Å²) in [4.78, 5) is 13.9. The first-order valence-corrected chi connectivity index (χ1v) is 7.40. The van der Waals surface area contributed by atoms with Gasteiger partial charge >= 0.3 is 0 Å². The van der Waals surface area contributed by atoms with Gasteiger partial charge in [0.2, 0.25) is 5.91 Å². The molecule has 2 fully saturated rings. The van der Waals surface area contributed by atoms with Crippen LogP contribution in [0.4, 0.5) is 0 Å². The first kappa shape index (κ1) is 14.8. The Morgan fingerprint density at radius 1 is 1.37 bits per heavy atom. The fourth-order valence-electron chi connectivity index (χ4n) is 2.85.